The fraction of sp³-hybridized carbons (Fsp3) is 0.767. The highest BCUT2D eigenvalue weighted by Gasteiger charge is 2.57. The molecule has 6 bridgehead atoms. The van der Waals surface area contributed by atoms with Gasteiger partial charge < -0.3 is 53.2 Å². The molecule has 328 valence electrons. The van der Waals surface area contributed by atoms with Crippen LogP contribution in [0.15, 0.2) is 36.5 Å². The van der Waals surface area contributed by atoms with Gasteiger partial charge in [-0.15, -0.1) is 0 Å². The summed E-state index contributed by atoms with van der Waals surface area (Å²) in [4.78, 5) is 52.0. The van der Waals surface area contributed by atoms with Crippen molar-refractivity contribution in [2.45, 2.75) is 184 Å². The minimum atomic E-state index is -2.35. The van der Waals surface area contributed by atoms with Gasteiger partial charge in [0.1, 0.15) is 12.7 Å². The number of aliphatic hydroxyl groups is 3. The molecule has 58 heavy (non-hydrogen) atoms. The number of unbranched alkanes of at least 4 members (excludes halogenated alkanes) is 4. The number of carbonyl (C=O) groups excluding carboxylic acids is 4. The Hall–Kier alpha value is -3.18. The summed E-state index contributed by atoms with van der Waals surface area (Å²) in [5.41, 5.74) is -1.22. The number of hydrogen-bond donors (Lipinski definition) is 3. The highest BCUT2D eigenvalue weighted by Crippen LogP contribution is 2.47. The van der Waals surface area contributed by atoms with E-state index >= 15 is 0 Å². The second-order valence-corrected chi connectivity index (χ2v) is 16.5. The average Bonchev–Trinajstić information content (AvgIpc) is 3.16. The fourth-order valence-electron chi connectivity index (χ4n) is 8.08. The van der Waals surface area contributed by atoms with Crippen LogP contribution in [0.3, 0.4) is 0 Å². The van der Waals surface area contributed by atoms with E-state index in [0.29, 0.717) is 25.7 Å². The summed E-state index contributed by atoms with van der Waals surface area (Å²) in [6.45, 7) is 8.47. The van der Waals surface area contributed by atoms with Crippen molar-refractivity contribution in [1.29, 1.82) is 0 Å². The van der Waals surface area contributed by atoms with Crippen LogP contribution in [0.2, 0.25) is 0 Å². The quantitative estimate of drug-likeness (QED) is 0.0750. The average molecular weight is 823 g/mol. The van der Waals surface area contributed by atoms with Crippen LogP contribution in [0.25, 0.3) is 0 Å². The van der Waals surface area contributed by atoms with Gasteiger partial charge in [-0.3, -0.25) is 14.4 Å². The third-order valence-electron chi connectivity index (χ3n) is 11.2. The second-order valence-electron chi connectivity index (χ2n) is 16.5. The van der Waals surface area contributed by atoms with Crippen LogP contribution in [-0.2, 0) is 57.1 Å². The summed E-state index contributed by atoms with van der Waals surface area (Å²) in [5, 5.41) is 34.0. The molecule has 0 aromatic rings. The van der Waals surface area contributed by atoms with E-state index in [0.717, 1.165) is 44.6 Å². The van der Waals surface area contributed by atoms with Crippen molar-refractivity contribution in [2.75, 3.05) is 20.3 Å². The molecule has 10 atom stereocenters. The molecule has 15 nitrogen and oxygen atoms in total. The van der Waals surface area contributed by atoms with Crippen LogP contribution >= 0.6 is 0 Å². The van der Waals surface area contributed by atoms with Gasteiger partial charge in [-0.05, 0) is 43.8 Å². The molecule has 0 aliphatic carbocycles. The van der Waals surface area contributed by atoms with Gasteiger partial charge in [0.25, 0.3) is 0 Å². The Morgan fingerprint density at radius 1 is 0.931 bits per heavy atom. The molecule has 0 aromatic carbocycles. The van der Waals surface area contributed by atoms with Gasteiger partial charge in [0.15, 0.2) is 12.4 Å². The molecule has 4 rings (SSSR count). The Labute approximate surface area is 342 Å². The third kappa shape index (κ3) is 14.2. The Balaban J connectivity index is 1.74. The first-order chi connectivity index (χ1) is 27.7. The lowest BCUT2D eigenvalue weighted by Gasteiger charge is -2.51. The highest BCUT2D eigenvalue weighted by molar-refractivity contribution is 5.83. The van der Waals surface area contributed by atoms with Crippen molar-refractivity contribution >= 4 is 23.9 Å². The molecule has 0 amide bonds. The van der Waals surface area contributed by atoms with Crippen LogP contribution < -0.4 is 0 Å². The summed E-state index contributed by atoms with van der Waals surface area (Å²) in [6.07, 6.45) is 5.95. The van der Waals surface area contributed by atoms with Crippen LogP contribution in [0, 0.1) is 5.41 Å². The Bertz CT molecular complexity index is 1430. The van der Waals surface area contributed by atoms with E-state index in [1.54, 1.807) is 26.0 Å². The standard InChI is InChI=1S/C43H66O15/c1-6-8-9-10-11-15-36(46)57-41-28(20-37(47)51-5)19-34-25-35(27-44)54-39(49)22-29(45)21-30-13-12-14-31(53-30)23-32-24-33(26-38(48)52-18-7-2)56-40(55-32)16-17-42(3,4)43(41,50)58-34/h7,16-17,20,29-35,40-41,44-45,50H,2,6,8-15,18-19,21-27H2,1,3-5H3/b17-16+,28-20+/t29-,30+,31-,32?,33-,34+,35-,40-,41+,43-/m1/s1. The van der Waals surface area contributed by atoms with Gasteiger partial charge in [-0.1, -0.05) is 65.2 Å². The molecule has 4 heterocycles. The van der Waals surface area contributed by atoms with Crippen molar-refractivity contribution < 1.29 is 72.4 Å². The molecule has 4 aliphatic rings. The van der Waals surface area contributed by atoms with Gasteiger partial charge in [0.2, 0.25) is 5.79 Å². The van der Waals surface area contributed by atoms with Crippen molar-refractivity contribution in [1.82, 2.24) is 0 Å². The number of methoxy groups -OCH3 is 1. The van der Waals surface area contributed by atoms with E-state index in [2.05, 4.69) is 13.5 Å². The topological polar surface area (TPSA) is 203 Å². The largest absolute Gasteiger partial charge is 0.466 e. The smallest absolute Gasteiger partial charge is 0.330 e. The Kier molecular flexibility index (Phi) is 18.8. The number of ether oxygens (including phenoxy) is 8. The molecule has 0 spiro atoms. The molecule has 3 saturated heterocycles. The number of cyclic esters (lactones) is 1. The Morgan fingerprint density at radius 2 is 1.66 bits per heavy atom. The first-order valence-electron chi connectivity index (χ1n) is 21.0. The van der Waals surface area contributed by atoms with E-state index < -0.39 is 84.6 Å². The summed E-state index contributed by atoms with van der Waals surface area (Å²) < 4.78 is 47.3. The summed E-state index contributed by atoms with van der Waals surface area (Å²) in [6, 6.07) is 0. The number of fused-ring (bicyclic) bond motifs is 6. The first-order valence-corrected chi connectivity index (χ1v) is 21.0. The summed E-state index contributed by atoms with van der Waals surface area (Å²) >= 11 is 0. The van der Waals surface area contributed by atoms with Crippen LogP contribution in [-0.4, -0.2) is 120 Å². The molecule has 4 aliphatic heterocycles. The maximum Gasteiger partial charge on any atom is 0.330 e. The lowest BCUT2D eigenvalue weighted by Crippen LogP contribution is -2.62. The van der Waals surface area contributed by atoms with Crippen LogP contribution in [0.4, 0.5) is 0 Å². The summed E-state index contributed by atoms with van der Waals surface area (Å²) in [5.74, 6) is -4.90. The van der Waals surface area contributed by atoms with Crippen LogP contribution in [0.1, 0.15) is 124 Å². The number of rotatable bonds is 13. The van der Waals surface area contributed by atoms with Crippen molar-refractivity contribution in [2.24, 2.45) is 5.41 Å². The molecule has 0 aromatic heterocycles. The van der Waals surface area contributed by atoms with Crippen molar-refractivity contribution in [3.05, 3.63) is 36.5 Å². The molecule has 0 saturated carbocycles. The van der Waals surface area contributed by atoms with Gasteiger partial charge in [0, 0.05) is 43.6 Å². The van der Waals surface area contributed by atoms with Crippen LogP contribution in [0.5, 0.6) is 0 Å². The molecule has 15 heteroatoms. The first kappa shape index (κ1) is 47.5. The zero-order valence-corrected chi connectivity index (χ0v) is 34.7. The number of aliphatic hydroxyl groups excluding tert-OH is 2. The monoisotopic (exact) mass is 822 g/mol. The number of hydrogen-bond acceptors (Lipinski definition) is 15. The normalized spacial score (nSPS) is 34.5. The molecule has 0 radical (unpaired) electrons. The van der Waals surface area contributed by atoms with Gasteiger partial charge in [0.05, 0.1) is 63.2 Å². The molecular formula is C43H66O15. The minimum absolute atomic E-state index is 0.0449. The van der Waals surface area contributed by atoms with E-state index in [1.807, 2.05) is 0 Å². The van der Waals surface area contributed by atoms with E-state index in [-0.39, 0.29) is 62.9 Å². The van der Waals surface area contributed by atoms with E-state index in [4.69, 9.17) is 37.9 Å². The van der Waals surface area contributed by atoms with E-state index in [1.165, 1.54) is 13.2 Å². The van der Waals surface area contributed by atoms with Crippen molar-refractivity contribution in [3.63, 3.8) is 0 Å². The third-order valence-corrected chi connectivity index (χ3v) is 11.2. The molecule has 3 fully saturated rings. The Morgan fingerprint density at radius 3 is 2.36 bits per heavy atom. The predicted octanol–water partition coefficient (Wildman–Crippen LogP) is 4.81. The minimum Gasteiger partial charge on any atom is -0.466 e. The lowest BCUT2D eigenvalue weighted by atomic mass is 9.74. The zero-order valence-electron chi connectivity index (χ0n) is 34.7. The number of esters is 4. The summed E-state index contributed by atoms with van der Waals surface area (Å²) in [7, 11) is 1.20. The molecule has 3 N–H and O–H groups in total. The fourth-order valence-corrected chi connectivity index (χ4v) is 8.08. The van der Waals surface area contributed by atoms with Gasteiger partial charge in [-0.2, -0.15) is 0 Å². The molecular weight excluding hydrogens is 756 g/mol. The van der Waals surface area contributed by atoms with Gasteiger partial charge >= 0.3 is 23.9 Å². The molecule has 1 unspecified atom stereocenters. The maximum absolute atomic E-state index is 13.4. The highest BCUT2D eigenvalue weighted by atomic mass is 16.7. The lowest BCUT2D eigenvalue weighted by molar-refractivity contribution is -0.327. The van der Waals surface area contributed by atoms with Crippen molar-refractivity contribution in [3.8, 4) is 0 Å². The maximum atomic E-state index is 13.4. The SMILES string of the molecule is C=CCOC(=O)C[C@H]1CC2C[C@H]3CCC[C@@H](C[C@@H](O)CC(=O)O[C@@H](CO)C[C@@H]4C/C(=C\C(=O)OC)[C@H](OC(=O)CCCCCCC)[C@@](O)(O4)C(C)(C)/C=C/[C@H](O2)O1)O3. The predicted molar refractivity (Wildman–Crippen MR) is 209 cm³/mol. The number of carbonyl (C=O) groups is 4. The van der Waals surface area contributed by atoms with E-state index in [9.17, 15) is 34.5 Å². The van der Waals surface area contributed by atoms with Gasteiger partial charge in [-0.25, -0.2) is 4.79 Å². The zero-order chi connectivity index (χ0) is 42.3. The second kappa shape index (κ2) is 23.0.